The Hall–Kier alpha value is -1.82. The molecule has 0 aromatic carbocycles. The van der Waals surface area contributed by atoms with Crippen LogP contribution in [0.3, 0.4) is 0 Å². The Kier molecular flexibility index (Phi) is 4.35. The third kappa shape index (κ3) is 3.10. The van der Waals surface area contributed by atoms with Crippen molar-refractivity contribution in [1.29, 1.82) is 0 Å². The Morgan fingerprint density at radius 1 is 1.39 bits per heavy atom. The number of hydrogen-bond acceptors (Lipinski definition) is 4. The quantitative estimate of drug-likeness (QED) is 0.794. The molecule has 6 nitrogen and oxygen atoms in total. The van der Waals surface area contributed by atoms with Crippen LogP contribution >= 0.6 is 0 Å². The number of carbonyl (C=O) groups is 1. The molecular weight excluding hydrogens is 232 g/mol. The lowest BCUT2D eigenvalue weighted by Crippen LogP contribution is -2.52. The minimum atomic E-state index is -0.0717. The Morgan fingerprint density at radius 2 is 2.17 bits per heavy atom. The summed E-state index contributed by atoms with van der Waals surface area (Å²) in [5, 5.41) is 2.69. The lowest BCUT2D eigenvalue weighted by molar-refractivity contribution is 0.152. The maximum atomic E-state index is 11.7. The number of amides is 2. The Morgan fingerprint density at radius 3 is 2.78 bits per heavy atom. The number of rotatable bonds is 3. The van der Waals surface area contributed by atoms with Gasteiger partial charge in [-0.2, -0.15) is 0 Å². The number of piperazine rings is 1. The van der Waals surface area contributed by atoms with Gasteiger partial charge in [-0.3, -0.25) is 0 Å². The van der Waals surface area contributed by atoms with Crippen LogP contribution in [0.25, 0.3) is 0 Å². The maximum Gasteiger partial charge on any atom is 0.319 e. The third-order valence-electron chi connectivity index (χ3n) is 2.91. The fourth-order valence-electron chi connectivity index (χ4n) is 1.93. The van der Waals surface area contributed by atoms with Crippen LogP contribution in [0.2, 0.25) is 0 Å². The van der Waals surface area contributed by atoms with Gasteiger partial charge >= 0.3 is 6.03 Å². The number of nitrogens with zero attached hydrogens (tertiary/aromatic N) is 3. The SMILES string of the molecule is COCNC(=O)N1CCN(c2ccccn2)CC1. The van der Waals surface area contributed by atoms with Gasteiger partial charge in [0.25, 0.3) is 0 Å². The van der Waals surface area contributed by atoms with E-state index in [1.54, 1.807) is 18.2 Å². The van der Waals surface area contributed by atoms with Gasteiger partial charge in [0.05, 0.1) is 0 Å². The summed E-state index contributed by atoms with van der Waals surface area (Å²) in [7, 11) is 1.55. The van der Waals surface area contributed by atoms with E-state index in [0.29, 0.717) is 13.1 Å². The zero-order chi connectivity index (χ0) is 12.8. The van der Waals surface area contributed by atoms with Crippen molar-refractivity contribution in [3.8, 4) is 0 Å². The number of pyridine rings is 1. The van der Waals surface area contributed by atoms with Crippen molar-refractivity contribution in [1.82, 2.24) is 15.2 Å². The second-order valence-corrected chi connectivity index (χ2v) is 4.08. The number of nitrogens with one attached hydrogen (secondary N) is 1. The van der Waals surface area contributed by atoms with Crippen molar-refractivity contribution in [2.75, 3.05) is 44.9 Å². The summed E-state index contributed by atoms with van der Waals surface area (Å²) >= 11 is 0. The fourth-order valence-corrected chi connectivity index (χ4v) is 1.93. The molecule has 0 radical (unpaired) electrons. The second kappa shape index (κ2) is 6.20. The molecule has 0 atom stereocenters. The number of methoxy groups -OCH3 is 1. The van der Waals surface area contributed by atoms with Crippen LogP contribution < -0.4 is 10.2 Å². The zero-order valence-corrected chi connectivity index (χ0v) is 10.5. The molecule has 1 aromatic heterocycles. The summed E-state index contributed by atoms with van der Waals surface area (Å²) in [6.07, 6.45) is 1.78. The van der Waals surface area contributed by atoms with Gasteiger partial charge in [0.1, 0.15) is 12.5 Å². The summed E-state index contributed by atoms with van der Waals surface area (Å²) in [5.74, 6) is 0.967. The number of ether oxygens (including phenoxy) is 1. The number of anilines is 1. The van der Waals surface area contributed by atoms with Gasteiger partial charge in [0.15, 0.2) is 0 Å². The highest BCUT2D eigenvalue weighted by atomic mass is 16.5. The normalized spacial score (nSPS) is 15.6. The molecule has 1 N–H and O–H groups in total. The summed E-state index contributed by atoms with van der Waals surface area (Å²) in [6, 6.07) is 5.79. The predicted molar refractivity (Wildman–Crippen MR) is 68.4 cm³/mol. The average Bonchev–Trinajstić information content (AvgIpc) is 2.46. The van der Waals surface area contributed by atoms with Crippen molar-refractivity contribution < 1.29 is 9.53 Å². The summed E-state index contributed by atoms with van der Waals surface area (Å²) in [4.78, 5) is 20.0. The zero-order valence-electron chi connectivity index (χ0n) is 10.5. The molecule has 1 aliphatic heterocycles. The molecule has 18 heavy (non-hydrogen) atoms. The van der Waals surface area contributed by atoms with E-state index >= 15 is 0 Å². The molecule has 2 heterocycles. The van der Waals surface area contributed by atoms with E-state index in [2.05, 4.69) is 15.2 Å². The van der Waals surface area contributed by atoms with Crippen LogP contribution in [0.4, 0.5) is 10.6 Å². The van der Waals surface area contributed by atoms with E-state index in [0.717, 1.165) is 18.9 Å². The van der Waals surface area contributed by atoms with E-state index in [-0.39, 0.29) is 12.8 Å². The summed E-state index contributed by atoms with van der Waals surface area (Å²) in [6.45, 7) is 3.26. The van der Waals surface area contributed by atoms with Crippen LogP contribution in [0, 0.1) is 0 Å². The molecule has 2 amide bonds. The Labute approximate surface area is 107 Å². The molecule has 0 unspecified atom stereocenters. The Balaban J connectivity index is 1.83. The van der Waals surface area contributed by atoms with Gasteiger partial charge in [-0.15, -0.1) is 0 Å². The average molecular weight is 250 g/mol. The molecule has 2 rings (SSSR count). The van der Waals surface area contributed by atoms with Crippen molar-refractivity contribution in [2.24, 2.45) is 0 Å². The van der Waals surface area contributed by atoms with E-state index in [9.17, 15) is 4.79 Å². The Bertz CT molecular complexity index is 377. The lowest BCUT2D eigenvalue weighted by Gasteiger charge is -2.35. The van der Waals surface area contributed by atoms with Gasteiger partial charge in [-0.05, 0) is 12.1 Å². The number of aromatic nitrogens is 1. The topological polar surface area (TPSA) is 57.7 Å². The van der Waals surface area contributed by atoms with E-state index in [1.165, 1.54) is 0 Å². The first-order chi connectivity index (χ1) is 8.81. The van der Waals surface area contributed by atoms with Gasteiger partial charge in [0.2, 0.25) is 0 Å². The molecule has 1 aromatic rings. The van der Waals surface area contributed by atoms with Crippen molar-refractivity contribution >= 4 is 11.8 Å². The molecule has 0 spiro atoms. The number of carbonyl (C=O) groups excluding carboxylic acids is 1. The molecule has 0 aliphatic carbocycles. The highest BCUT2D eigenvalue weighted by molar-refractivity contribution is 5.74. The van der Waals surface area contributed by atoms with Crippen molar-refractivity contribution in [3.63, 3.8) is 0 Å². The lowest BCUT2D eigenvalue weighted by atomic mass is 10.3. The molecule has 98 valence electrons. The van der Waals surface area contributed by atoms with Crippen LogP contribution in [-0.4, -0.2) is 55.9 Å². The molecular formula is C12H18N4O2. The second-order valence-electron chi connectivity index (χ2n) is 4.08. The molecule has 1 aliphatic rings. The first-order valence-corrected chi connectivity index (χ1v) is 5.99. The highest BCUT2D eigenvalue weighted by Gasteiger charge is 2.21. The predicted octanol–water partition coefficient (Wildman–Crippen LogP) is 0.517. The van der Waals surface area contributed by atoms with E-state index < -0.39 is 0 Å². The van der Waals surface area contributed by atoms with E-state index in [4.69, 9.17) is 4.74 Å². The van der Waals surface area contributed by atoms with Gasteiger partial charge in [0, 0.05) is 39.5 Å². The van der Waals surface area contributed by atoms with Crippen molar-refractivity contribution in [2.45, 2.75) is 0 Å². The summed E-state index contributed by atoms with van der Waals surface area (Å²) in [5.41, 5.74) is 0. The standard InChI is InChI=1S/C12H18N4O2/c1-18-10-14-12(17)16-8-6-15(7-9-16)11-4-2-3-5-13-11/h2-5H,6-10H2,1H3,(H,14,17). The number of urea groups is 1. The molecule has 0 saturated carbocycles. The first-order valence-electron chi connectivity index (χ1n) is 5.99. The van der Waals surface area contributed by atoms with Gasteiger partial charge < -0.3 is 19.9 Å². The maximum absolute atomic E-state index is 11.7. The first kappa shape index (κ1) is 12.6. The van der Waals surface area contributed by atoms with Crippen molar-refractivity contribution in [3.05, 3.63) is 24.4 Å². The smallest absolute Gasteiger partial charge is 0.319 e. The fraction of sp³-hybridized carbons (Fsp3) is 0.500. The molecule has 6 heteroatoms. The van der Waals surface area contributed by atoms with Gasteiger partial charge in [-0.1, -0.05) is 6.07 Å². The monoisotopic (exact) mass is 250 g/mol. The minimum Gasteiger partial charge on any atom is -0.364 e. The third-order valence-corrected chi connectivity index (χ3v) is 2.91. The van der Waals surface area contributed by atoms with Crippen LogP contribution in [0.5, 0.6) is 0 Å². The molecule has 1 fully saturated rings. The van der Waals surface area contributed by atoms with Gasteiger partial charge in [-0.25, -0.2) is 9.78 Å². The summed E-state index contributed by atoms with van der Waals surface area (Å²) < 4.78 is 4.81. The van der Waals surface area contributed by atoms with Crippen LogP contribution in [0.15, 0.2) is 24.4 Å². The largest absolute Gasteiger partial charge is 0.364 e. The van der Waals surface area contributed by atoms with E-state index in [1.807, 2.05) is 18.2 Å². The van der Waals surface area contributed by atoms with Crippen LogP contribution in [-0.2, 0) is 4.74 Å². The van der Waals surface area contributed by atoms with Crippen LogP contribution in [0.1, 0.15) is 0 Å². The highest BCUT2D eigenvalue weighted by Crippen LogP contribution is 2.12. The molecule has 0 bridgehead atoms. The number of hydrogen-bond donors (Lipinski definition) is 1. The minimum absolute atomic E-state index is 0.0717. The molecule has 1 saturated heterocycles.